The molecule has 0 heterocycles. The highest BCUT2D eigenvalue weighted by Gasteiger charge is 2.12. The summed E-state index contributed by atoms with van der Waals surface area (Å²) in [4.78, 5) is 0. The van der Waals surface area contributed by atoms with Crippen molar-refractivity contribution in [2.45, 2.75) is 58.8 Å². The number of hydrogen-bond donors (Lipinski definition) is 2. The molecule has 0 unspecified atom stereocenters. The third-order valence-corrected chi connectivity index (χ3v) is 4.71. The monoisotopic (exact) mass is 326 g/mol. The minimum absolute atomic E-state index is 0.183. The van der Waals surface area contributed by atoms with Gasteiger partial charge in [0.15, 0.2) is 0 Å². The molecule has 0 radical (unpaired) electrons. The van der Waals surface area contributed by atoms with E-state index in [9.17, 15) is 8.42 Å². The van der Waals surface area contributed by atoms with Crippen molar-refractivity contribution in [3.05, 3.63) is 35.4 Å². The highest BCUT2D eigenvalue weighted by molar-refractivity contribution is 7.87. The van der Waals surface area contributed by atoms with Gasteiger partial charge in [-0.05, 0) is 42.2 Å². The predicted octanol–water partition coefficient (Wildman–Crippen LogP) is 3.14. The van der Waals surface area contributed by atoms with E-state index >= 15 is 0 Å². The summed E-state index contributed by atoms with van der Waals surface area (Å²) in [5, 5.41) is 0. The fraction of sp³-hybridized carbons (Fsp3) is 0.647. The van der Waals surface area contributed by atoms with E-state index in [4.69, 9.17) is 0 Å². The molecule has 0 aliphatic rings. The van der Waals surface area contributed by atoms with Gasteiger partial charge >= 0.3 is 0 Å². The number of hydrogen-bond acceptors (Lipinski definition) is 2. The summed E-state index contributed by atoms with van der Waals surface area (Å²) in [5.74, 6) is 0. The zero-order valence-corrected chi connectivity index (χ0v) is 15.1. The molecule has 5 heteroatoms. The molecule has 0 bridgehead atoms. The molecule has 1 rings (SSSR count). The molecule has 0 saturated carbocycles. The Kier molecular flexibility index (Phi) is 7.53. The first-order chi connectivity index (χ1) is 10.2. The summed E-state index contributed by atoms with van der Waals surface area (Å²) in [7, 11) is -3.31. The van der Waals surface area contributed by atoms with Gasteiger partial charge in [-0.2, -0.15) is 8.42 Å². The van der Waals surface area contributed by atoms with Gasteiger partial charge in [0, 0.05) is 13.1 Å². The van der Waals surface area contributed by atoms with Gasteiger partial charge in [-0.1, -0.05) is 52.0 Å². The highest BCUT2D eigenvalue weighted by Crippen LogP contribution is 2.22. The summed E-state index contributed by atoms with van der Waals surface area (Å²) in [6, 6.07) is 8.72. The van der Waals surface area contributed by atoms with Crippen molar-refractivity contribution in [1.82, 2.24) is 9.44 Å². The molecular weight excluding hydrogens is 296 g/mol. The zero-order chi connectivity index (χ0) is 16.6. The second-order valence-electron chi connectivity index (χ2n) is 6.70. The first kappa shape index (κ1) is 19.1. The lowest BCUT2D eigenvalue weighted by molar-refractivity contribution is 0.561. The number of nitrogens with one attached hydrogen (secondary N) is 2. The van der Waals surface area contributed by atoms with Crippen LogP contribution in [0.25, 0.3) is 0 Å². The first-order valence-corrected chi connectivity index (χ1v) is 9.56. The Labute approximate surface area is 135 Å². The summed E-state index contributed by atoms with van der Waals surface area (Å²) in [6.07, 6.45) is 3.60. The number of aryl methyl sites for hydroxylation is 1. The molecule has 2 N–H and O–H groups in total. The highest BCUT2D eigenvalue weighted by atomic mass is 32.2. The van der Waals surface area contributed by atoms with Crippen LogP contribution >= 0.6 is 0 Å². The van der Waals surface area contributed by atoms with E-state index in [0.29, 0.717) is 13.1 Å². The molecule has 0 aliphatic carbocycles. The van der Waals surface area contributed by atoms with Crippen LogP contribution in [0, 0.1) is 0 Å². The summed E-state index contributed by atoms with van der Waals surface area (Å²) < 4.78 is 28.1. The molecule has 0 spiro atoms. The minimum atomic E-state index is -3.31. The second kappa shape index (κ2) is 8.65. The van der Waals surface area contributed by atoms with E-state index in [0.717, 1.165) is 25.7 Å². The molecule has 0 amide bonds. The Morgan fingerprint density at radius 2 is 1.55 bits per heavy atom. The quantitative estimate of drug-likeness (QED) is 0.685. The third kappa shape index (κ3) is 7.38. The van der Waals surface area contributed by atoms with Crippen molar-refractivity contribution in [2.75, 3.05) is 13.1 Å². The average molecular weight is 327 g/mol. The Balaban J connectivity index is 2.28. The van der Waals surface area contributed by atoms with Crippen molar-refractivity contribution in [3.8, 4) is 0 Å². The Bertz CT molecular complexity index is 531. The summed E-state index contributed by atoms with van der Waals surface area (Å²) >= 11 is 0. The minimum Gasteiger partial charge on any atom is -0.202 e. The van der Waals surface area contributed by atoms with Gasteiger partial charge in [0.05, 0.1) is 0 Å². The number of benzene rings is 1. The van der Waals surface area contributed by atoms with Gasteiger partial charge in [0.2, 0.25) is 0 Å². The van der Waals surface area contributed by atoms with Crippen LogP contribution in [0.1, 0.15) is 58.1 Å². The molecule has 0 fully saturated rings. The fourth-order valence-electron chi connectivity index (χ4n) is 2.12. The maximum absolute atomic E-state index is 11.5. The van der Waals surface area contributed by atoms with Crippen molar-refractivity contribution in [1.29, 1.82) is 0 Å². The van der Waals surface area contributed by atoms with Gasteiger partial charge in [0.25, 0.3) is 10.2 Å². The lowest BCUT2D eigenvalue weighted by Gasteiger charge is -2.19. The lowest BCUT2D eigenvalue weighted by atomic mass is 9.86. The average Bonchev–Trinajstić information content (AvgIpc) is 2.44. The van der Waals surface area contributed by atoms with E-state index in [1.165, 1.54) is 11.1 Å². The largest absolute Gasteiger partial charge is 0.276 e. The lowest BCUT2D eigenvalue weighted by Crippen LogP contribution is -2.37. The van der Waals surface area contributed by atoms with Crippen molar-refractivity contribution >= 4 is 10.2 Å². The summed E-state index contributed by atoms with van der Waals surface area (Å²) in [5.41, 5.74) is 2.83. The molecular formula is C17H30N2O2S. The van der Waals surface area contributed by atoms with Gasteiger partial charge in [-0.15, -0.1) is 0 Å². The van der Waals surface area contributed by atoms with Crippen LogP contribution in [0.3, 0.4) is 0 Å². The van der Waals surface area contributed by atoms with Gasteiger partial charge in [0.1, 0.15) is 0 Å². The van der Waals surface area contributed by atoms with E-state index in [1.807, 2.05) is 6.92 Å². The molecule has 0 aromatic heterocycles. The summed E-state index contributed by atoms with van der Waals surface area (Å²) in [6.45, 7) is 9.53. The fourth-order valence-corrected chi connectivity index (χ4v) is 3.11. The first-order valence-electron chi connectivity index (χ1n) is 8.08. The number of unbranched alkanes of at least 4 members (excludes halogenated alkanes) is 1. The van der Waals surface area contributed by atoms with Crippen LogP contribution in [0.2, 0.25) is 0 Å². The van der Waals surface area contributed by atoms with Crippen molar-refractivity contribution < 1.29 is 8.42 Å². The molecule has 0 saturated heterocycles. The van der Waals surface area contributed by atoms with Crippen LogP contribution in [0.15, 0.2) is 24.3 Å². The Hall–Kier alpha value is -0.910. The van der Waals surface area contributed by atoms with Crippen molar-refractivity contribution in [2.24, 2.45) is 0 Å². The van der Waals surface area contributed by atoms with E-state index < -0.39 is 10.2 Å². The molecule has 1 aromatic carbocycles. The van der Waals surface area contributed by atoms with Crippen molar-refractivity contribution in [3.63, 3.8) is 0 Å². The maximum Gasteiger partial charge on any atom is 0.276 e. The molecule has 0 aliphatic heterocycles. The van der Waals surface area contributed by atoms with Gasteiger partial charge < -0.3 is 0 Å². The molecule has 22 heavy (non-hydrogen) atoms. The standard InChI is InChI=1S/C17H30N2O2S/c1-5-13-18-22(20,21)19-14-7-6-8-15-9-11-16(12-10-15)17(2,3)4/h9-12,18-19H,5-8,13-14H2,1-4H3. The molecule has 1 aromatic rings. The van der Waals surface area contributed by atoms with Crippen LogP contribution in [-0.2, 0) is 22.0 Å². The van der Waals surface area contributed by atoms with E-state index in [1.54, 1.807) is 0 Å². The Morgan fingerprint density at radius 3 is 2.09 bits per heavy atom. The topological polar surface area (TPSA) is 58.2 Å². The molecule has 0 atom stereocenters. The SMILES string of the molecule is CCCNS(=O)(=O)NCCCCc1ccc(C(C)(C)C)cc1. The third-order valence-electron chi connectivity index (χ3n) is 3.55. The van der Waals surface area contributed by atoms with E-state index in [2.05, 4.69) is 54.5 Å². The van der Waals surface area contributed by atoms with Crippen LogP contribution < -0.4 is 9.44 Å². The molecule has 4 nitrogen and oxygen atoms in total. The van der Waals surface area contributed by atoms with Crippen LogP contribution in [-0.4, -0.2) is 21.5 Å². The van der Waals surface area contributed by atoms with E-state index in [-0.39, 0.29) is 5.41 Å². The van der Waals surface area contributed by atoms with Gasteiger partial charge in [-0.25, -0.2) is 9.44 Å². The predicted molar refractivity (Wildman–Crippen MR) is 93.3 cm³/mol. The smallest absolute Gasteiger partial charge is 0.202 e. The Morgan fingerprint density at radius 1 is 0.955 bits per heavy atom. The number of rotatable bonds is 9. The normalized spacial score (nSPS) is 12.5. The zero-order valence-electron chi connectivity index (χ0n) is 14.3. The van der Waals surface area contributed by atoms with Crippen LogP contribution in [0.4, 0.5) is 0 Å². The molecule has 126 valence electrons. The van der Waals surface area contributed by atoms with Gasteiger partial charge in [-0.3, -0.25) is 0 Å². The second-order valence-corrected chi connectivity index (χ2v) is 8.28. The van der Waals surface area contributed by atoms with Crippen LogP contribution in [0.5, 0.6) is 0 Å². The maximum atomic E-state index is 11.5.